The van der Waals surface area contributed by atoms with E-state index in [1.165, 1.54) is 0 Å². The molecule has 0 aliphatic carbocycles. The van der Waals surface area contributed by atoms with Gasteiger partial charge in [0.2, 0.25) is 0 Å². The number of halogens is 1. The summed E-state index contributed by atoms with van der Waals surface area (Å²) in [6.07, 6.45) is 3.99. The molecule has 0 aliphatic rings. The van der Waals surface area contributed by atoms with Crippen molar-refractivity contribution in [3.8, 4) is 5.75 Å². The molecule has 3 rings (SSSR count). The summed E-state index contributed by atoms with van der Waals surface area (Å²) in [5, 5.41) is 1.57. The predicted molar refractivity (Wildman–Crippen MR) is 88.7 cm³/mol. The van der Waals surface area contributed by atoms with Gasteiger partial charge >= 0.3 is 0 Å². The molecule has 0 saturated heterocycles. The Bertz CT molecular complexity index is 797. The van der Waals surface area contributed by atoms with Crippen molar-refractivity contribution in [2.45, 2.75) is 0 Å². The smallest absolute Gasteiger partial charge is 0.119 e. The van der Waals surface area contributed by atoms with Gasteiger partial charge in [-0.05, 0) is 35.9 Å². The number of hydrogen-bond acceptors (Lipinski definition) is 2. The van der Waals surface area contributed by atoms with Crippen molar-refractivity contribution in [3.63, 3.8) is 0 Å². The molecule has 1 aromatic heterocycles. The predicted octanol–water partition coefficient (Wildman–Crippen LogP) is 5.07. The van der Waals surface area contributed by atoms with Crippen LogP contribution >= 0.6 is 11.6 Å². The molecular formula is C18H14ClNO. The van der Waals surface area contributed by atoms with E-state index in [9.17, 15) is 0 Å². The maximum atomic E-state index is 6.34. The highest BCUT2D eigenvalue weighted by Crippen LogP contribution is 2.27. The first kappa shape index (κ1) is 13.7. The fourth-order valence-corrected chi connectivity index (χ4v) is 2.40. The zero-order valence-corrected chi connectivity index (χ0v) is 12.3. The summed E-state index contributed by atoms with van der Waals surface area (Å²) in [7, 11) is 1.64. The Morgan fingerprint density at radius 2 is 1.81 bits per heavy atom. The fraction of sp³-hybridized carbons (Fsp3) is 0.0556. The van der Waals surface area contributed by atoms with Crippen LogP contribution in [0.2, 0.25) is 5.02 Å². The number of fused-ring (bicyclic) bond motifs is 1. The van der Waals surface area contributed by atoms with Crippen LogP contribution < -0.4 is 4.74 Å². The first-order valence-electron chi connectivity index (χ1n) is 6.64. The van der Waals surface area contributed by atoms with Gasteiger partial charge in [-0.3, -0.25) is 0 Å². The molecule has 3 heteroatoms. The number of benzene rings is 2. The van der Waals surface area contributed by atoms with E-state index in [0.29, 0.717) is 5.02 Å². The zero-order chi connectivity index (χ0) is 14.7. The van der Waals surface area contributed by atoms with Gasteiger partial charge in [0.1, 0.15) is 5.75 Å². The summed E-state index contributed by atoms with van der Waals surface area (Å²) in [5.74, 6) is 0.777. The van der Waals surface area contributed by atoms with Gasteiger partial charge in [0, 0.05) is 5.39 Å². The van der Waals surface area contributed by atoms with Crippen LogP contribution in [0.5, 0.6) is 5.75 Å². The molecule has 2 nitrogen and oxygen atoms in total. The largest absolute Gasteiger partial charge is 0.497 e. The van der Waals surface area contributed by atoms with Crippen molar-refractivity contribution in [2.75, 3.05) is 7.11 Å². The van der Waals surface area contributed by atoms with E-state index in [2.05, 4.69) is 4.98 Å². The molecule has 0 saturated carbocycles. The van der Waals surface area contributed by atoms with Gasteiger partial charge in [-0.2, -0.15) is 0 Å². The van der Waals surface area contributed by atoms with Crippen molar-refractivity contribution >= 4 is 34.7 Å². The van der Waals surface area contributed by atoms with Crippen molar-refractivity contribution < 1.29 is 4.74 Å². The molecule has 104 valence electrons. The number of nitrogens with zero attached hydrogens (tertiary/aromatic N) is 1. The van der Waals surface area contributed by atoms with Gasteiger partial charge < -0.3 is 4.74 Å². The maximum Gasteiger partial charge on any atom is 0.119 e. The number of methoxy groups -OCH3 is 1. The highest BCUT2D eigenvalue weighted by molar-refractivity contribution is 6.35. The van der Waals surface area contributed by atoms with Crippen LogP contribution in [0, 0.1) is 0 Å². The fourth-order valence-electron chi connectivity index (χ4n) is 2.14. The lowest BCUT2D eigenvalue weighted by atomic mass is 10.1. The van der Waals surface area contributed by atoms with Crippen molar-refractivity contribution in [1.82, 2.24) is 4.98 Å². The second kappa shape index (κ2) is 5.98. The van der Waals surface area contributed by atoms with E-state index in [0.717, 1.165) is 27.9 Å². The number of rotatable bonds is 3. The first-order valence-corrected chi connectivity index (χ1v) is 7.01. The molecule has 2 aromatic carbocycles. The minimum atomic E-state index is 0.673. The molecule has 0 aliphatic heterocycles. The summed E-state index contributed by atoms with van der Waals surface area (Å²) in [6, 6.07) is 17.7. The van der Waals surface area contributed by atoms with Crippen LogP contribution in [0.15, 0.2) is 54.6 Å². The third-order valence-electron chi connectivity index (χ3n) is 3.23. The lowest BCUT2D eigenvalue weighted by Crippen LogP contribution is -1.87. The highest BCUT2D eigenvalue weighted by atomic mass is 35.5. The number of hydrogen-bond donors (Lipinski definition) is 0. The van der Waals surface area contributed by atoms with Crippen LogP contribution in [0.4, 0.5) is 0 Å². The number of aromatic nitrogens is 1. The lowest BCUT2D eigenvalue weighted by Gasteiger charge is -2.05. The summed E-state index contributed by atoms with van der Waals surface area (Å²) in [4.78, 5) is 4.60. The summed E-state index contributed by atoms with van der Waals surface area (Å²) >= 11 is 6.34. The molecule has 0 N–H and O–H groups in total. The minimum Gasteiger partial charge on any atom is -0.497 e. The summed E-state index contributed by atoms with van der Waals surface area (Å²) < 4.78 is 5.21. The molecule has 0 unspecified atom stereocenters. The molecule has 3 aromatic rings. The van der Waals surface area contributed by atoms with Crippen LogP contribution in [-0.4, -0.2) is 12.1 Å². The van der Waals surface area contributed by atoms with Crippen LogP contribution in [0.3, 0.4) is 0 Å². The van der Waals surface area contributed by atoms with Gasteiger partial charge in [0.05, 0.1) is 23.3 Å². The highest BCUT2D eigenvalue weighted by Gasteiger charge is 2.04. The Morgan fingerprint density at radius 1 is 1.00 bits per heavy atom. The van der Waals surface area contributed by atoms with E-state index in [1.54, 1.807) is 7.11 Å². The van der Waals surface area contributed by atoms with Gasteiger partial charge in [0.25, 0.3) is 0 Å². The zero-order valence-electron chi connectivity index (χ0n) is 11.6. The monoisotopic (exact) mass is 295 g/mol. The molecule has 0 atom stereocenters. The first-order chi connectivity index (χ1) is 10.3. The van der Waals surface area contributed by atoms with Crippen LogP contribution in [-0.2, 0) is 0 Å². The molecule has 21 heavy (non-hydrogen) atoms. The maximum absolute atomic E-state index is 6.34. The van der Waals surface area contributed by atoms with E-state index < -0.39 is 0 Å². The van der Waals surface area contributed by atoms with E-state index in [1.807, 2.05) is 66.7 Å². The Kier molecular flexibility index (Phi) is 3.89. The minimum absolute atomic E-state index is 0.673. The third-order valence-corrected chi connectivity index (χ3v) is 3.54. The van der Waals surface area contributed by atoms with Crippen molar-refractivity contribution in [2.24, 2.45) is 0 Å². The molecule has 0 radical (unpaired) electrons. The van der Waals surface area contributed by atoms with Gasteiger partial charge in [0.15, 0.2) is 0 Å². The molecule has 0 bridgehead atoms. The van der Waals surface area contributed by atoms with Crippen LogP contribution in [0.25, 0.3) is 23.1 Å². The molecule has 0 fully saturated rings. The Hall–Kier alpha value is -2.32. The second-order valence-corrected chi connectivity index (χ2v) is 5.06. The molecular weight excluding hydrogens is 282 g/mol. The van der Waals surface area contributed by atoms with Crippen molar-refractivity contribution in [1.29, 1.82) is 0 Å². The van der Waals surface area contributed by atoms with Crippen molar-refractivity contribution in [3.05, 3.63) is 70.9 Å². The number of ether oxygens (including phenoxy) is 1. The molecule has 1 heterocycles. The normalized spacial score (nSPS) is 11.1. The van der Waals surface area contributed by atoms with Gasteiger partial charge in [-0.25, -0.2) is 4.98 Å². The van der Waals surface area contributed by atoms with Gasteiger partial charge in [-0.1, -0.05) is 48.0 Å². The number of pyridine rings is 1. The Labute approximate surface area is 128 Å². The average Bonchev–Trinajstić information content (AvgIpc) is 2.54. The third kappa shape index (κ3) is 3.06. The molecule has 0 spiro atoms. The summed E-state index contributed by atoms with van der Waals surface area (Å²) in [5.41, 5.74) is 2.82. The van der Waals surface area contributed by atoms with E-state index in [-0.39, 0.29) is 0 Å². The lowest BCUT2D eigenvalue weighted by molar-refractivity contribution is 0.415. The standard InChI is InChI=1S/C18H14ClNO/c1-21-15-9-10-18-16(12-15)17(19)11-14(20-18)8-7-13-5-3-2-4-6-13/h2-12H,1H3/b8-7+. The Morgan fingerprint density at radius 3 is 2.57 bits per heavy atom. The summed E-state index contributed by atoms with van der Waals surface area (Å²) in [6.45, 7) is 0. The van der Waals surface area contributed by atoms with E-state index in [4.69, 9.17) is 16.3 Å². The molecule has 0 amide bonds. The van der Waals surface area contributed by atoms with E-state index >= 15 is 0 Å². The SMILES string of the molecule is COc1ccc2nc(/C=C/c3ccccc3)cc(Cl)c2c1. The quantitative estimate of drug-likeness (QED) is 0.673. The van der Waals surface area contributed by atoms with Crippen LogP contribution in [0.1, 0.15) is 11.3 Å². The topological polar surface area (TPSA) is 22.1 Å². The Balaban J connectivity index is 1.99. The van der Waals surface area contributed by atoms with Gasteiger partial charge in [-0.15, -0.1) is 0 Å². The average molecular weight is 296 g/mol. The second-order valence-electron chi connectivity index (χ2n) is 4.66.